The number of nitriles is 1. The molecule has 1 aliphatic rings. The van der Waals surface area contributed by atoms with Gasteiger partial charge in [0.15, 0.2) is 0 Å². The number of rotatable bonds is 5. The van der Waals surface area contributed by atoms with Gasteiger partial charge in [0.1, 0.15) is 17.4 Å². The van der Waals surface area contributed by atoms with Crippen molar-refractivity contribution < 1.29 is 35.3 Å². The van der Waals surface area contributed by atoms with E-state index < -0.39 is 33.1 Å². The van der Waals surface area contributed by atoms with Crippen molar-refractivity contribution >= 4 is 32.8 Å². The molecule has 0 unspecified atom stereocenters. The monoisotopic (exact) mass is 535 g/mol. The topological polar surface area (TPSA) is 110 Å². The molecular formula is C25H24F3N3O5S. The highest BCUT2D eigenvalue weighted by Crippen LogP contribution is 2.43. The number of ether oxygens (including phenoxy) is 1. The van der Waals surface area contributed by atoms with Gasteiger partial charge < -0.3 is 13.5 Å². The summed E-state index contributed by atoms with van der Waals surface area (Å²) in [7, 11) is -5.85. The number of aromatic nitrogens is 1. The lowest BCUT2D eigenvalue weighted by atomic mass is 9.92. The van der Waals surface area contributed by atoms with E-state index in [0.717, 1.165) is 25.3 Å². The Bertz CT molecular complexity index is 1490. The number of fused-ring (bicyclic) bond motifs is 1. The van der Waals surface area contributed by atoms with E-state index in [1.54, 1.807) is 45.0 Å². The summed E-state index contributed by atoms with van der Waals surface area (Å²) < 4.78 is 73.0. The molecule has 1 fully saturated rings. The van der Waals surface area contributed by atoms with Gasteiger partial charge in [0.2, 0.25) is 0 Å². The molecule has 1 N–H and O–H groups in total. The second-order valence-electron chi connectivity index (χ2n) is 9.66. The maximum absolute atomic E-state index is 12.8. The van der Waals surface area contributed by atoms with E-state index in [1.807, 2.05) is 4.57 Å². The maximum Gasteiger partial charge on any atom is 0.534 e. The normalized spacial score (nSPS) is 14.6. The fourth-order valence-corrected chi connectivity index (χ4v) is 4.52. The maximum atomic E-state index is 12.8. The van der Waals surface area contributed by atoms with Crippen LogP contribution >= 0.6 is 0 Å². The van der Waals surface area contributed by atoms with E-state index in [0.29, 0.717) is 33.4 Å². The van der Waals surface area contributed by atoms with Gasteiger partial charge in [-0.3, -0.25) is 5.32 Å². The number of nitrogens with zero attached hydrogens (tertiary/aromatic N) is 2. The molecule has 1 aromatic heterocycles. The van der Waals surface area contributed by atoms with Crippen LogP contribution < -0.4 is 9.50 Å². The number of carbonyl (C=O) groups excluding carboxylic acids is 1. The lowest BCUT2D eigenvalue weighted by molar-refractivity contribution is -0.0500. The number of benzene rings is 2. The van der Waals surface area contributed by atoms with Crippen LogP contribution in [0.15, 0.2) is 42.5 Å². The first-order valence-corrected chi connectivity index (χ1v) is 12.8. The van der Waals surface area contributed by atoms with Crippen molar-refractivity contribution in [2.45, 2.75) is 57.2 Å². The molecular weight excluding hydrogens is 511 g/mol. The summed E-state index contributed by atoms with van der Waals surface area (Å²) >= 11 is 0. The van der Waals surface area contributed by atoms with Crippen LogP contribution in [-0.4, -0.2) is 30.2 Å². The van der Waals surface area contributed by atoms with Crippen molar-refractivity contribution in [2.24, 2.45) is 0 Å². The molecule has 0 spiro atoms. The highest BCUT2D eigenvalue weighted by molar-refractivity contribution is 7.88. The Labute approximate surface area is 211 Å². The Morgan fingerprint density at radius 2 is 1.76 bits per heavy atom. The Morgan fingerprint density at radius 1 is 1.11 bits per heavy atom. The average Bonchev–Trinajstić information content (AvgIpc) is 3.04. The van der Waals surface area contributed by atoms with Gasteiger partial charge in [-0.1, -0.05) is 12.1 Å². The zero-order valence-corrected chi connectivity index (χ0v) is 21.0. The average molecular weight is 536 g/mol. The zero-order chi connectivity index (χ0) is 27.2. The molecule has 3 aromatic rings. The van der Waals surface area contributed by atoms with Crippen LogP contribution in [0.2, 0.25) is 0 Å². The van der Waals surface area contributed by atoms with Crippen molar-refractivity contribution in [1.29, 1.82) is 5.26 Å². The third kappa shape index (κ3) is 5.36. The summed E-state index contributed by atoms with van der Waals surface area (Å²) in [5.41, 5.74) is -3.91. The first-order valence-electron chi connectivity index (χ1n) is 11.4. The summed E-state index contributed by atoms with van der Waals surface area (Å²) in [5.74, 6) is -0.504. The third-order valence-electron chi connectivity index (χ3n) is 5.82. The second kappa shape index (κ2) is 9.30. The number of halogens is 3. The SMILES string of the molecule is CC(C)(C)OC(=O)Nc1ccc(-c2c(C#N)c3ccc(OS(=O)(=O)C(F)(F)F)cc3n2C2CCC2)cc1. The minimum Gasteiger partial charge on any atom is -0.444 e. The van der Waals surface area contributed by atoms with E-state index in [4.69, 9.17) is 4.74 Å². The number of nitrogens with one attached hydrogen (secondary N) is 1. The molecule has 4 rings (SSSR count). The zero-order valence-electron chi connectivity index (χ0n) is 20.2. The summed E-state index contributed by atoms with van der Waals surface area (Å²) in [6.07, 6.45) is 1.88. The van der Waals surface area contributed by atoms with Gasteiger partial charge in [-0.25, -0.2) is 4.79 Å². The molecule has 196 valence electrons. The van der Waals surface area contributed by atoms with Crippen molar-refractivity contribution in [2.75, 3.05) is 5.32 Å². The Kier molecular flexibility index (Phi) is 6.62. The molecule has 1 aliphatic carbocycles. The molecule has 37 heavy (non-hydrogen) atoms. The molecule has 1 amide bonds. The largest absolute Gasteiger partial charge is 0.534 e. The van der Waals surface area contributed by atoms with Crippen molar-refractivity contribution in [3.8, 4) is 23.1 Å². The van der Waals surface area contributed by atoms with E-state index in [1.165, 1.54) is 12.1 Å². The predicted molar refractivity (Wildman–Crippen MR) is 130 cm³/mol. The molecule has 0 atom stereocenters. The van der Waals surface area contributed by atoms with E-state index >= 15 is 0 Å². The Hall–Kier alpha value is -3.72. The minimum absolute atomic E-state index is 0.0337. The van der Waals surface area contributed by atoms with Crippen LogP contribution in [-0.2, 0) is 14.9 Å². The fraction of sp³-hybridized carbons (Fsp3) is 0.360. The predicted octanol–water partition coefficient (Wildman–Crippen LogP) is 6.48. The summed E-state index contributed by atoms with van der Waals surface area (Å²) in [6, 6.07) is 12.5. The number of alkyl halides is 3. The Morgan fingerprint density at radius 3 is 2.27 bits per heavy atom. The number of amides is 1. The quantitative estimate of drug-likeness (QED) is 0.296. The number of anilines is 1. The standard InChI is InChI=1S/C25H24F3N3O5S/c1-24(2,3)35-23(32)30-16-9-7-15(8-10-16)22-20(14-29)19-12-11-18(36-37(33,34)25(26,27)28)13-21(19)31(22)17-5-4-6-17/h7-13,17H,4-6H2,1-3H3,(H,30,32). The molecule has 8 nitrogen and oxygen atoms in total. The smallest absolute Gasteiger partial charge is 0.444 e. The van der Waals surface area contributed by atoms with Crippen LogP contribution in [0.3, 0.4) is 0 Å². The highest BCUT2D eigenvalue weighted by Gasteiger charge is 2.48. The number of carbonyl (C=O) groups is 1. The van der Waals surface area contributed by atoms with Crippen LogP contribution in [0.25, 0.3) is 22.2 Å². The highest BCUT2D eigenvalue weighted by atomic mass is 32.2. The number of hydrogen-bond acceptors (Lipinski definition) is 6. The second-order valence-corrected chi connectivity index (χ2v) is 11.2. The van der Waals surface area contributed by atoms with Crippen molar-refractivity contribution in [1.82, 2.24) is 4.57 Å². The third-order valence-corrected chi connectivity index (χ3v) is 6.80. The van der Waals surface area contributed by atoms with Gasteiger partial charge in [-0.2, -0.15) is 26.9 Å². The van der Waals surface area contributed by atoms with Gasteiger partial charge >= 0.3 is 21.7 Å². The van der Waals surface area contributed by atoms with Crippen LogP contribution in [0.4, 0.5) is 23.7 Å². The van der Waals surface area contributed by atoms with Gasteiger partial charge in [0.05, 0.1) is 16.8 Å². The van der Waals surface area contributed by atoms with Gasteiger partial charge in [0.25, 0.3) is 0 Å². The summed E-state index contributed by atoms with van der Waals surface area (Å²) in [4.78, 5) is 12.1. The lowest BCUT2D eigenvalue weighted by Gasteiger charge is -2.30. The summed E-state index contributed by atoms with van der Waals surface area (Å²) in [6.45, 7) is 5.23. The lowest BCUT2D eigenvalue weighted by Crippen LogP contribution is -2.28. The molecule has 0 saturated heterocycles. The molecule has 2 aromatic carbocycles. The molecule has 0 bridgehead atoms. The van der Waals surface area contributed by atoms with Gasteiger partial charge in [-0.15, -0.1) is 0 Å². The van der Waals surface area contributed by atoms with Crippen LogP contribution in [0.1, 0.15) is 51.6 Å². The van der Waals surface area contributed by atoms with Crippen molar-refractivity contribution in [3.05, 3.63) is 48.0 Å². The molecule has 12 heteroatoms. The first kappa shape index (κ1) is 26.3. The molecule has 1 heterocycles. The van der Waals surface area contributed by atoms with Crippen LogP contribution in [0, 0.1) is 11.3 Å². The molecule has 0 radical (unpaired) electrons. The summed E-state index contributed by atoms with van der Waals surface area (Å²) in [5, 5.41) is 13.1. The molecule has 1 saturated carbocycles. The fourth-order valence-electron chi connectivity index (χ4n) is 4.07. The van der Waals surface area contributed by atoms with E-state index in [2.05, 4.69) is 15.6 Å². The van der Waals surface area contributed by atoms with Gasteiger partial charge in [-0.05, 0) is 69.9 Å². The number of hydrogen-bond donors (Lipinski definition) is 1. The van der Waals surface area contributed by atoms with E-state index in [9.17, 15) is 31.6 Å². The minimum atomic E-state index is -5.85. The Balaban J connectivity index is 1.77. The molecule has 0 aliphatic heterocycles. The van der Waals surface area contributed by atoms with Gasteiger partial charge in [0, 0.05) is 23.2 Å². The van der Waals surface area contributed by atoms with E-state index in [-0.39, 0.29) is 6.04 Å². The van der Waals surface area contributed by atoms with Crippen LogP contribution in [0.5, 0.6) is 5.75 Å². The first-order chi connectivity index (χ1) is 17.2. The van der Waals surface area contributed by atoms with Crippen molar-refractivity contribution in [3.63, 3.8) is 0 Å².